The van der Waals surface area contributed by atoms with Crippen molar-refractivity contribution in [1.82, 2.24) is 0 Å². The zero-order valence-electron chi connectivity index (χ0n) is 8.44. The molecule has 1 rings (SSSR count). The average molecular weight is 307 g/mol. The van der Waals surface area contributed by atoms with Gasteiger partial charge in [0, 0.05) is 0 Å². The smallest absolute Gasteiger partial charge is 0.496 e. The predicted molar refractivity (Wildman–Crippen MR) is 53.5 cm³/mol. The Morgan fingerprint density at radius 1 is 1.33 bits per heavy atom. The molecule has 1 aromatic carbocycles. The number of rotatable bonds is 3. The summed E-state index contributed by atoms with van der Waals surface area (Å²) in [6, 6.07) is 4.36. The van der Waals surface area contributed by atoms with Gasteiger partial charge in [0.05, 0.1) is 11.6 Å². The van der Waals surface area contributed by atoms with Crippen molar-refractivity contribution < 1.29 is 69.1 Å². The zero-order chi connectivity index (χ0) is 10.8. The summed E-state index contributed by atoms with van der Waals surface area (Å²) in [5.41, 5.74) is 0.241. The van der Waals surface area contributed by atoms with Crippen molar-refractivity contribution in [1.29, 1.82) is 0 Å². The summed E-state index contributed by atoms with van der Waals surface area (Å²) in [4.78, 5) is 0. The van der Waals surface area contributed by atoms with Crippen molar-refractivity contribution >= 4 is 22.9 Å². The van der Waals surface area contributed by atoms with Crippen molar-refractivity contribution in [3.8, 4) is 5.75 Å². The summed E-state index contributed by atoms with van der Waals surface area (Å²) >= 11 is 3.13. The average Bonchev–Trinajstić information content (AvgIpc) is 2.01. The topological polar surface area (TPSA) is 9.23 Å². The van der Waals surface area contributed by atoms with Crippen LogP contribution in [-0.2, 0) is 6.32 Å². The van der Waals surface area contributed by atoms with Crippen LogP contribution in [0.2, 0.25) is 0 Å². The van der Waals surface area contributed by atoms with Gasteiger partial charge in [-0.1, -0.05) is 17.9 Å². The Morgan fingerprint density at radius 3 is 2.33 bits per heavy atom. The quantitative estimate of drug-likeness (QED) is 0.734. The molecule has 1 aromatic rings. The standard InChI is InChI=1S/C8H8BBrF3O.K/c1-14-8-3-2-6(4-7(8)10)5-9(11,12)13;/h2-4H,5H2,1H3;/q-1;+1. The maximum atomic E-state index is 12.1. The van der Waals surface area contributed by atoms with E-state index in [1.54, 1.807) is 0 Å². The van der Waals surface area contributed by atoms with E-state index < -0.39 is 13.3 Å². The summed E-state index contributed by atoms with van der Waals surface area (Å²) in [7, 11) is 1.47. The van der Waals surface area contributed by atoms with Crippen molar-refractivity contribution in [3.05, 3.63) is 28.2 Å². The van der Waals surface area contributed by atoms with Gasteiger partial charge >= 0.3 is 58.4 Å². The van der Waals surface area contributed by atoms with Crippen molar-refractivity contribution in [2.75, 3.05) is 7.11 Å². The Balaban J connectivity index is 0.00000196. The monoisotopic (exact) mass is 306 g/mol. The fourth-order valence-corrected chi connectivity index (χ4v) is 1.69. The van der Waals surface area contributed by atoms with Crippen LogP contribution in [-0.4, -0.2) is 14.1 Å². The van der Waals surface area contributed by atoms with Crippen LogP contribution >= 0.6 is 15.9 Å². The first-order valence-corrected chi connectivity index (χ1v) is 4.75. The number of ether oxygens (including phenoxy) is 1. The number of hydrogen-bond donors (Lipinski definition) is 0. The van der Waals surface area contributed by atoms with E-state index in [0.29, 0.717) is 10.2 Å². The van der Waals surface area contributed by atoms with Gasteiger partial charge in [-0.2, -0.15) is 0 Å². The van der Waals surface area contributed by atoms with E-state index in [9.17, 15) is 12.9 Å². The van der Waals surface area contributed by atoms with Gasteiger partial charge in [-0.25, -0.2) is 0 Å². The van der Waals surface area contributed by atoms with E-state index in [1.807, 2.05) is 0 Å². The van der Waals surface area contributed by atoms with Gasteiger partial charge in [0.2, 0.25) is 0 Å². The Labute approximate surface area is 137 Å². The predicted octanol–water partition coefficient (Wildman–Crippen LogP) is 0.391. The SMILES string of the molecule is COc1ccc(C[B-](F)(F)F)cc1Br.[K+]. The molecule has 0 saturated carbocycles. The van der Waals surface area contributed by atoms with Crippen molar-refractivity contribution in [3.63, 3.8) is 0 Å². The second-order valence-electron chi connectivity index (χ2n) is 2.88. The molecule has 7 heteroatoms. The first kappa shape index (κ1) is 16.0. The third-order valence-electron chi connectivity index (χ3n) is 1.68. The van der Waals surface area contributed by atoms with Crippen LogP contribution in [0.3, 0.4) is 0 Å². The van der Waals surface area contributed by atoms with E-state index in [1.165, 1.54) is 25.3 Å². The molecule has 0 amide bonds. The van der Waals surface area contributed by atoms with Gasteiger partial charge in [-0.15, -0.1) is 0 Å². The first-order valence-electron chi connectivity index (χ1n) is 3.96. The molecule has 78 valence electrons. The normalized spacial score (nSPS) is 10.7. The molecule has 0 spiro atoms. The molecule has 15 heavy (non-hydrogen) atoms. The van der Waals surface area contributed by atoms with E-state index in [2.05, 4.69) is 15.9 Å². The fraction of sp³-hybridized carbons (Fsp3) is 0.250. The van der Waals surface area contributed by atoms with Crippen LogP contribution in [0.4, 0.5) is 12.9 Å². The minimum Gasteiger partial charge on any atom is -0.496 e. The Hall–Kier alpha value is 0.991. The summed E-state index contributed by atoms with van der Waals surface area (Å²) in [6.45, 7) is -4.77. The number of halogens is 4. The minimum absolute atomic E-state index is 0. The molecule has 0 unspecified atom stereocenters. The van der Waals surface area contributed by atoms with Crippen molar-refractivity contribution in [2.45, 2.75) is 6.32 Å². The second kappa shape index (κ2) is 6.66. The Kier molecular flexibility index (Phi) is 7.10. The van der Waals surface area contributed by atoms with Gasteiger partial charge in [-0.3, -0.25) is 0 Å². The van der Waals surface area contributed by atoms with Crippen LogP contribution in [0, 0.1) is 0 Å². The molecule has 0 aliphatic heterocycles. The third kappa shape index (κ3) is 5.74. The van der Waals surface area contributed by atoms with Gasteiger partial charge < -0.3 is 17.7 Å². The molecule has 0 fully saturated rings. The molecule has 0 N–H and O–H groups in total. The molecular formula is C8H8BBrF3KO. The molecular weight excluding hydrogens is 299 g/mol. The molecule has 1 nitrogen and oxygen atoms in total. The molecule has 0 atom stereocenters. The maximum absolute atomic E-state index is 12.1. The van der Waals surface area contributed by atoms with Crippen LogP contribution in [0.5, 0.6) is 5.75 Å². The van der Waals surface area contributed by atoms with E-state index >= 15 is 0 Å². The number of methoxy groups -OCH3 is 1. The second-order valence-corrected chi connectivity index (χ2v) is 3.74. The summed E-state index contributed by atoms with van der Waals surface area (Å²) in [6.07, 6.45) is -0.859. The molecule has 0 aliphatic carbocycles. The molecule has 0 saturated heterocycles. The third-order valence-corrected chi connectivity index (χ3v) is 2.30. The van der Waals surface area contributed by atoms with Crippen LogP contribution in [0.1, 0.15) is 5.56 Å². The first-order chi connectivity index (χ1) is 6.42. The fourth-order valence-electron chi connectivity index (χ4n) is 1.10. The maximum Gasteiger partial charge on any atom is 1.00 e. The Morgan fingerprint density at radius 2 is 1.93 bits per heavy atom. The van der Waals surface area contributed by atoms with E-state index in [-0.39, 0.29) is 56.9 Å². The largest absolute Gasteiger partial charge is 1.00 e. The minimum atomic E-state index is -4.77. The number of hydrogen-bond acceptors (Lipinski definition) is 1. The van der Waals surface area contributed by atoms with E-state index in [0.717, 1.165) is 0 Å². The molecule has 0 radical (unpaired) electrons. The summed E-state index contributed by atoms with van der Waals surface area (Å²) in [5.74, 6) is 0.531. The van der Waals surface area contributed by atoms with Crippen LogP contribution in [0.15, 0.2) is 22.7 Å². The van der Waals surface area contributed by atoms with Gasteiger partial charge in [0.25, 0.3) is 0 Å². The van der Waals surface area contributed by atoms with Crippen LogP contribution < -0.4 is 56.1 Å². The molecule has 0 aliphatic rings. The van der Waals surface area contributed by atoms with Crippen molar-refractivity contribution in [2.24, 2.45) is 0 Å². The Bertz CT molecular complexity index is 332. The molecule has 0 heterocycles. The van der Waals surface area contributed by atoms with Gasteiger partial charge in [0.15, 0.2) is 0 Å². The zero-order valence-corrected chi connectivity index (χ0v) is 13.1. The molecule has 0 bridgehead atoms. The van der Waals surface area contributed by atoms with E-state index in [4.69, 9.17) is 4.74 Å². The van der Waals surface area contributed by atoms with Gasteiger partial charge in [0.1, 0.15) is 5.75 Å². The molecule has 0 aromatic heterocycles. The number of benzene rings is 1. The summed E-state index contributed by atoms with van der Waals surface area (Å²) in [5, 5.41) is 0. The van der Waals surface area contributed by atoms with Crippen LogP contribution in [0.25, 0.3) is 0 Å². The van der Waals surface area contributed by atoms with Gasteiger partial charge in [-0.05, 0) is 28.1 Å². The summed E-state index contributed by atoms with van der Waals surface area (Å²) < 4.78 is 41.7.